The van der Waals surface area contributed by atoms with Crippen molar-refractivity contribution in [2.24, 2.45) is 5.73 Å². The third-order valence-corrected chi connectivity index (χ3v) is 2.77. The van der Waals surface area contributed by atoms with Crippen LogP contribution in [0.4, 0.5) is 0 Å². The zero-order chi connectivity index (χ0) is 11.5. The molecule has 1 aromatic carbocycles. The minimum Gasteiger partial charge on any atom is -0.486 e. The summed E-state index contributed by atoms with van der Waals surface area (Å²) in [6.07, 6.45) is -0.173. The highest BCUT2D eigenvalue weighted by Gasteiger charge is 2.19. The van der Waals surface area contributed by atoms with Crippen LogP contribution < -0.4 is 15.2 Å². The highest BCUT2D eigenvalue weighted by Crippen LogP contribution is 2.39. The van der Waals surface area contributed by atoms with E-state index in [1.165, 1.54) is 0 Å². The van der Waals surface area contributed by atoms with Crippen molar-refractivity contribution in [2.45, 2.75) is 6.10 Å². The molecule has 0 spiro atoms. The molecule has 0 bridgehead atoms. The molecular weight excluding hydrogens is 230 g/mol. The van der Waals surface area contributed by atoms with Gasteiger partial charge in [-0.1, -0.05) is 11.6 Å². The number of methoxy groups -OCH3 is 1. The first-order valence-corrected chi connectivity index (χ1v) is 5.46. The van der Waals surface area contributed by atoms with Gasteiger partial charge in [-0.15, -0.1) is 0 Å². The van der Waals surface area contributed by atoms with Crippen molar-refractivity contribution in [1.29, 1.82) is 0 Å². The highest BCUT2D eigenvalue weighted by atomic mass is 35.5. The fourth-order valence-electron chi connectivity index (χ4n) is 1.69. The Morgan fingerprint density at radius 3 is 2.88 bits per heavy atom. The van der Waals surface area contributed by atoms with Gasteiger partial charge >= 0.3 is 0 Å². The maximum absolute atomic E-state index is 6.10. The maximum atomic E-state index is 6.10. The number of halogens is 1. The summed E-state index contributed by atoms with van der Waals surface area (Å²) in [6.45, 7) is 1.45. The lowest BCUT2D eigenvalue weighted by molar-refractivity contribution is 0.109. The lowest BCUT2D eigenvalue weighted by Crippen LogP contribution is -2.18. The monoisotopic (exact) mass is 243 g/mol. The Balaban J connectivity index is 2.38. The zero-order valence-electron chi connectivity index (χ0n) is 9.03. The van der Waals surface area contributed by atoms with Crippen LogP contribution in [0.1, 0.15) is 11.7 Å². The third-order valence-electron chi connectivity index (χ3n) is 2.49. The van der Waals surface area contributed by atoms with E-state index in [4.69, 9.17) is 31.5 Å². The summed E-state index contributed by atoms with van der Waals surface area (Å²) >= 11 is 6.10. The van der Waals surface area contributed by atoms with Gasteiger partial charge in [0, 0.05) is 13.7 Å². The normalized spacial score (nSPS) is 15.9. The SMILES string of the molecule is COC(CN)c1cc(Cl)c2c(c1)OCCO2. The first kappa shape index (κ1) is 11.5. The van der Waals surface area contributed by atoms with Gasteiger partial charge in [0.05, 0.1) is 11.1 Å². The largest absolute Gasteiger partial charge is 0.486 e. The Morgan fingerprint density at radius 1 is 1.44 bits per heavy atom. The first-order valence-electron chi connectivity index (χ1n) is 5.08. The second-order valence-corrected chi connectivity index (χ2v) is 3.89. The van der Waals surface area contributed by atoms with Crippen LogP contribution in [0.2, 0.25) is 5.02 Å². The molecule has 0 saturated carbocycles. The number of hydrogen-bond donors (Lipinski definition) is 1. The van der Waals surface area contributed by atoms with Crippen molar-refractivity contribution in [3.8, 4) is 11.5 Å². The highest BCUT2D eigenvalue weighted by molar-refractivity contribution is 6.32. The fourth-order valence-corrected chi connectivity index (χ4v) is 1.96. The van der Waals surface area contributed by atoms with Crippen LogP contribution in [0.3, 0.4) is 0 Å². The van der Waals surface area contributed by atoms with Gasteiger partial charge in [0.25, 0.3) is 0 Å². The van der Waals surface area contributed by atoms with Crippen LogP contribution in [0.5, 0.6) is 11.5 Å². The molecule has 0 aromatic heterocycles. The number of fused-ring (bicyclic) bond motifs is 1. The van der Waals surface area contributed by atoms with Crippen molar-refractivity contribution < 1.29 is 14.2 Å². The van der Waals surface area contributed by atoms with Crippen LogP contribution in [0, 0.1) is 0 Å². The molecule has 88 valence electrons. The number of benzene rings is 1. The van der Waals surface area contributed by atoms with Gasteiger partial charge in [0.1, 0.15) is 13.2 Å². The Hall–Kier alpha value is -0.970. The van der Waals surface area contributed by atoms with Crippen LogP contribution in [0.25, 0.3) is 0 Å². The average Bonchev–Trinajstić information content (AvgIpc) is 2.31. The van der Waals surface area contributed by atoms with Gasteiger partial charge in [0.15, 0.2) is 11.5 Å². The summed E-state index contributed by atoms with van der Waals surface area (Å²) in [6, 6.07) is 3.66. The van der Waals surface area contributed by atoms with Crippen molar-refractivity contribution in [3.63, 3.8) is 0 Å². The molecule has 0 amide bonds. The second-order valence-electron chi connectivity index (χ2n) is 3.49. The van der Waals surface area contributed by atoms with E-state index in [-0.39, 0.29) is 6.10 Å². The lowest BCUT2D eigenvalue weighted by Gasteiger charge is -2.22. The fraction of sp³-hybridized carbons (Fsp3) is 0.455. The molecule has 1 aromatic rings. The second kappa shape index (κ2) is 4.91. The Kier molecular flexibility index (Phi) is 3.53. The Bertz CT molecular complexity index is 380. The van der Waals surface area contributed by atoms with E-state index >= 15 is 0 Å². The smallest absolute Gasteiger partial charge is 0.179 e. The minimum atomic E-state index is -0.173. The quantitative estimate of drug-likeness (QED) is 0.879. The molecule has 4 nitrogen and oxygen atoms in total. The molecule has 1 atom stereocenters. The van der Waals surface area contributed by atoms with Gasteiger partial charge in [-0.05, 0) is 17.7 Å². The average molecular weight is 244 g/mol. The van der Waals surface area contributed by atoms with E-state index in [2.05, 4.69) is 0 Å². The van der Waals surface area contributed by atoms with Crippen molar-refractivity contribution >= 4 is 11.6 Å². The molecule has 0 aliphatic carbocycles. The molecule has 2 N–H and O–H groups in total. The molecule has 0 radical (unpaired) electrons. The third kappa shape index (κ3) is 2.09. The number of nitrogens with two attached hydrogens (primary N) is 1. The molecule has 16 heavy (non-hydrogen) atoms. The van der Waals surface area contributed by atoms with Gasteiger partial charge in [-0.2, -0.15) is 0 Å². The molecule has 2 rings (SSSR count). The van der Waals surface area contributed by atoms with Gasteiger partial charge in [-0.3, -0.25) is 0 Å². The molecule has 5 heteroatoms. The standard InChI is InChI=1S/C11H14ClNO3/c1-14-10(6-13)7-4-8(12)11-9(5-7)15-2-3-16-11/h4-5,10H,2-3,6,13H2,1H3. The molecule has 1 aliphatic heterocycles. The van der Waals surface area contributed by atoms with Gasteiger partial charge < -0.3 is 19.9 Å². The number of hydrogen-bond acceptors (Lipinski definition) is 4. The van der Waals surface area contributed by atoms with E-state index in [1.807, 2.05) is 6.07 Å². The maximum Gasteiger partial charge on any atom is 0.179 e. The summed E-state index contributed by atoms with van der Waals surface area (Å²) < 4.78 is 16.2. The Morgan fingerprint density at radius 2 is 2.19 bits per heavy atom. The summed E-state index contributed by atoms with van der Waals surface area (Å²) in [5, 5.41) is 0.530. The topological polar surface area (TPSA) is 53.7 Å². The lowest BCUT2D eigenvalue weighted by atomic mass is 10.1. The van der Waals surface area contributed by atoms with E-state index in [1.54, 1.807) is 13.2 Å². The van der Waals surface area contributed by atoms with E-state index < -0.39 is 0 Å². The summed E-state index contributed by atoms with van der Waals surface area (Å²) in [4.78, 5) is 0. The number of ether oxygens (including phenoxy) is 3. The van der Waals surface area contributed by atoms with E-state index in [0.717, 1.165) is 5.56 Å². The zero-order valence-corrected chi connectivity index (χ0v) is 9.79. The molecule has 0 saturated heterocycles. The molecule has 1 unspecified atom stereocenters. The first-order chi connectivity index (χ1) is 7.76. The van der Waals surface area contributed by atoms with Crippen molar-refractivity contribution in [1.82, 2.24) is 0 Å². The van der Waals surface area contributed by atoms with Crippen LogP contribution in [0.15, 0.2) is 12.1 Å². The number of rotatable bonds is 3. The molecule has 1 aliphatic rings. The van der Waals surface area contributed by atoms with Crippen LogP contribution in [-0.4, -0.2) is 26.9 Å². The van der Waals surface area contributed by atoms with Crippen molar-refractivity contribution in [2.75, 3.05) is 26.9 Å². The van der Waals surface area contributed by atoms with Crippen LogP contribution in [-0.2, 0) is 4.74 Å². The Labute approximate surface area is 99.2 Å². The summed E-state index contributed by atoms with van der Waals surface area (Å²) in [5.74, 6) is 1.26. The summed E-state index contributed by atoms with van der Waals surface area (Å²) in [7, 11) is 1.61. The molecular formula is C11H14ClNO3. The summed E-state index contributed by atoms with van der Waals surface area (Å²) in [5.41, 5.74) is 6.50. The van der Waals surface area contributed by atoms with Crippen molar-refractivity contribution in [3.05, 3.63) is 22.7 Å². The van der Waals surface area contributed by atoms with Crippen LogP contribution >= 0.6 is 11.6 Å². The molecule has 0 fully saturated rings. The van der Waals surface area contributed by atoms with Gasteiger partial charge in [-0.25, -0.2) is 0 Å². The van der Waals surface area contributed by atoms with E-state index in [9.17, 15) is 0 Å². The van der Waals surface area contributed by atoms with E-state index in [0.29, 0.717) is 36.3 Å². The molecule has 1 heterocycles. The van der Waals surface area contributed by atoms with Gasteiger partial charge in [0.2, 0.25) is 0 Å². The predicted molar refractivity (Wildman–Crippen MR) is 61.2 cm³/mol. The predicted octanol–water partition coefficient (Wildman–Crippen LogP) is 1.76. The minimum absolute atomic E-state index is 0.173.